The largest absolute Gasteiger partial charge is 0.469 e. The summed E-state index contributed by atoms with van der Waals surface area (Å²) in [6.07, 6.45) is 3.20. The van der Waals surface area contributed by atoms with Gasteiger partial charge in [0.05, 0.1) is 7.11 Å². The molecule has 78 valence electrons. The molecule has 0 bridgehead atoms. The molecule has 1 aliphatic rings. The van der Waals surface area contributed by atoms with Gasteiger partial charge in [-0.3, -0.25) is 4.79 Å². The Kier molecular flexibility index (Phi) is 3.68. The average molecular weight is 198 g/mol. The zero-order valence-electron chi connectivity index (χ0n) is 8.41. The van der Waals surface area contributed by atoms with Crippen LogP contribution < -0.4 is 0 Å². The van der Waals surface area contributed by atoms with Crippen molar-refractivity contribution in [2.45, 2.75) is 32.3 Å². The lowest BCUT2D eigenvalue weighted by Crippen LogP contribution is -2.00. The Labute approximate surface area is 82.9 Å². The summed E-state index contributed by atoms with van der Waals surface area (Å²) in [5, 5.41) is 0. The lowest BCUT2D eigenvalue weighted by Gasteiger charge is -1.95. The van der Waals surface area contributed by atoms with Crippen LogP contribution in [0, 0.1) is 0 Å². The first-order valence-corrected chi connectivity index (χ1v) is 4.60. The van der Waals surface area contributed by atoms with E-state index >= 15 is 0 Å². The molecule has 0 spiro atoms. The number of carbonyl (C=O) groups is 2. The number of esters is 2. The van der Waals surface area contributed by atoms with E-state index in [-0.39, 0.29) is 18.0 Å². The van der Waals surface area contributed by atoms with Crippen molar-refractivity contribution in [2.75, 3.05) is 7.11 Å². The molecule has 1 fully saturated rings. The van der Waals surface area contributed by atoms with Crippen LogP contribution in [0.25, 0.3) is 0 Å². The van der Waals surface area contributed by atoms with E-state index < -0.39 is 0 Å². The Morgan fingerprint density at radius 2 is 2.43 bits per heavy atom. The van der Waals surface area contributed by atoms with Gasteiger partial charge >= 0.3 is 11.9 Å². The molecule has 1 rings (SSSR count). The predicted octanol–water partition coefficient (Wildman–Crippen LogP) is 1.20. The minimum absolute atomic E-state index is 0.0353. The second kappa shape index (κ2) is 4.79. The van der Waals surface area contributed by atoms with Gasteiger partial charge in [0.2, 0.25) is 0 Å². The molecule has 1 aliphatic heterocycles. The SMILES string of the molecule is COC(=O)CC/C=C1\CC(C)OC1=O. The fraction of sp³-hybridized carbons (Fsp3) is 0.600. The van der Waals surface area contributed by atoms with Crippen molar-refractivity contribution in [2.24, 2.45) is 0 Å². The normalized spacial score (nSPS) is 23.7. The Balaban J connectivity index is 2.38. The number of hydrogen-bond donors (Lipinski definition) is 0. The summed E-state index contributed by atoms with van der Waals surface area (Å²) < 4.78 is 9.41. The van der Waals surface area contributed by atoms with Crippen molar-refractivity contribution in [3.05, 3.63) is 11.6 Å². The van der Waals surface area contributed by atoms with Crippen molar-refractivity contribution >= 4 is 11.9 Å². The highest BCUT2D eigenvalue weighted by Gasteiger charge is 2.24. The number of allylic oxidation sites excluding steroid dienone is 1. The number of carbonyl (C=O) groups excluding carboxylic acids is 2. The topological polar surface area (TPSA) is 52.6 Å². The summed E-state index contributed by atoms with van der Waals surface area (Å²) in [4.78, 5) is 21.9. The van der Waals surface area contributed by atoms with Crippen LogP contribution >= 0.6 is 0 Å². The van der Waals surface area contributed by atoms with Crippen LogP contribution in [0.5, 0.6) is 0 Å². The molecule has 0 aromatic carbocycles. The molecule has 1 unspecified atom stereocenters. The monoisotopic (exact) mass is 198 g/mol. The Bertz CT molecular complexity index is 267. The van der Waals surface area contributed by atoms with Crippen LogP contribution in [0.3, 0.4) is 0 Å². The van der Waals surface area contributed by atoms with Gasteiger partial charge < -0.3 is 9.47 Å². The number of hydrogen-bond acceptors (Lipinski definition) is 4. The number of cyclic esters (lactones) is 1. The molecule has 0 N–H and O–H groups in total. The minimum Gasteiger partial charge on any atom is -0.469 e. The van der Waals surface area contributed by atoms with Gasteiger partial charge in [0.1, 0.15) is 6.10 Å². The second-order valence-corrected chi connectivity index (χ2v) is 3.26. The lowest BCUT2D eigenvalue weighted by molar-refractivity contribution is -0.141. The Morgan fingerprint density at radius 3 is 2.93 bits per heavy atom. The summed E-state index contributed by atoms with van der Waals surface area (Å²) in [6, 6.07) is 0. The van der Waals surface area contributed by atoms with Gasteiger partial charge in [0.15, 0.2) is 0 Å². The van der Waals surface area contributed by atoms with Crippen molar-refractivity contribution in [3.63, 3.8) is 0 Å². The minimum atomic E-state index is -0.263. The molecule has 0 aromatic heterocycles. The Hall–Kier alpha value is -1.32. The van der Waals surface area contributed by atoms with Gasteiger partial charge in [-0.2, -0.15) is 0 Å². The van der Waals surface area contributed by atoms with Gasteiger partial charge in [-0.15, -0.1) is 0 Å². The maximum atomic E-state index is 11.1. The van der Waals surface area contributed by atoms with E-state index in [0.717, 1.165) is 0 Å². The van der Waals surface area contributed by atoms with Gasteiger partial charge in [-0.05, 0) is 13.3 Å². The summed E-state index contributed by atoms with van der Waals surface area (Å²) in [6.45, 7) is 1.85. The lowest BCUT2D eigenvalue weighted by atomic mass is 10.1. The van der Waals surface area contributed by atoms with Crippen LogP contribution in [0.1, 0.15) is 26.2 Å². The fourth-order valence-corrected chi connectivity index (χ4v) is 1.33. The summed E-state index contributed by atoms with van der Waals surface area (Å²) >= 11 is 0. The summed E-state index contributed by atoms with van der Waals surface area (Å²) in [7, 11) is 1.35. The van der Waals surface area contributed by atoms with Gasteiger partial charge in [0, 0.05) is 18.4 Å². The third-order valence-corrected chi connectivity index (χ3v) is 2.04. The first kappa shape index (κ1) is 10.8. The molecule has 0 saturated carbocycles. The van der Waals surface area contributed by atoms with Gasteiger partial charge in [-0.1, -0.05) is 6.08 Å². The van der Waals surface area contributed by atoms with E-state index in [0.29, 0.717) is 24.8 Å². The van der Waals surface area contributed by atoms with E-state index in [4.69, 9.17) is 4.74 Å². The molecule has 0 aliphatic carbocycles. The summed E-state index contributed by atoms with van der Waals surface area (Å²) in [5.41, 5.74) is 0.668. The van der Waals surface area contributed by atoms with Gasteiger partial charge in [0.25, 0.3) is 0 Å². The quantitative estimate of drug-likeness (QED) is 0.505. The molecule has 14 heavy (non-hydrogen) atoms. The van der Waals surface area contributed by atoms with Crippen molar-refractivity contribution in [1.82, 2.24) is 0 Å². The molecule has 4 nitrogen and oxygen atoms in total. The van der Waals surface area contributed by atoms with Gasteiger partial charge in [-0.25, -0.2) is 4.79 Å². The highest BCUT2D eigenvalue weighted by Crippen LogP contribution is 2.20. The Morgan fingerprint density at radius 1 is 1.71 bits per heavy atom. The molecule has 4 heteroatoms. The highest BCUT2D eigenvalue weighted by molar-refractivity contribution is 5.90. The molecular weight excluding hydrogens is 184 g/mol. The number of ether oxygens (including phenoxy) is 2. The maximum absolute atomic E-state index is 11.1. The molecule has 1 heterocycles. The summed E-state index contributed by atoms with van der Waals surface area (Å²) in [5.74, 6) is -0.524. The molecule has 0 radical (unpaired) electrons. The van der Waals surface area contributed by atoms with Crippen LogP contribution in [0.2, 0.25) is 0 Å². The highest BCUT2D eigenvalue weighted by atomic mass is 16.5. The first-order valence-electron chi connectivity index (χ1n) is 4.60. The van der Waals surface area contributed by atoms with Crippen LogP contribution in [-0.2, 0) is 19.1 Å². The van der Waals surface area contributed by atoms with Crippen LogP contribution in [0.15, 0.2) is 11.6 Å². The third kappa shape index (κ3) is 2.87. The predicted molar refractivity (Wildman–Crippen MR) is 49.5 cm³/mol. The fourth-order valence-electron chi connectivity index (χ4n) is 1.33. The van der Waals surface area contributed by atoms with E-state index in [1.54, 1.807) is 6.08 Å². The van der Waals surface area contributed by atoms with Crippen molar-refractivity contribution in [3.8, 4) is 0 Å². The molecular formula is C10H14O4. The smallest absolute Gasteiger partial charge is 0.334 e. The number of methoxy groups -OCH3 is 1. The second-order valence-electron chi connectivity index (χ2n) is 3.26. The zero-order valence-corrected chi connectivity index (χ0v) is 8.41. The van der Waals surface area contributed by atoms with E-state index in [1.165, 1.54) is 7.11 Å². The molecule has 0 amide bonds. The van der Waals surface area contributed by atoms with Crippen molar-refractivity contribution in [1.29, 1.82) is 0 Å². The van der Waals surface area contributed by atoms with E-state index in [1.807, 2.05) is 6.92 Å². The van der Waals surface area contributed by atoms with E-state index in [2.05, 4.69) is 4.74 Å². The zero-order chi connectivity index (χ0) is 10.6. The molecule has 0 aromatic rings. The molecule has 1 atom stereocenters. The molecule has 1 saturated heterocycles. The third-order valence-electron chi connectivity index (χ3n) is 2.04. The maximum Gasteiger partial charge on any atom is 0.334 e. The standard InChI is InChI=1S/C10H14O4/c1-7-6-8(10(12)14-7)4-3-5-9(11)13-2/h4,7H,3,5-6H2,1-2H3/b8-4+. The van der Waals surface area contributed by atoms with Crippen molar-refractivity contribution < 1.29 is 19.1 Å². The van der Waals surface area contributed by atoms with Crippen LogP contribution in [0.4, 0.5) is 0 Å². The van der Waals surface area contributed by atoms with Crippen LogP contribution in [-0.4, -0.2) is 25.2 Å². The number of rotatable bonds is 3. The average Bonchev–Trinajstić information content (AvgIpc) is 2.45. The van der Waals surface area contributed by atoms with E-state index in [9.17, 15) is 9.59 Å². The first-order chi connectivity index (χ1) is 6.63.